The van der Waals surface area contributed by atoms with Gasteiger partial charge in [-0.2, -0.15) is 0 Å². The van der Waals surface area contributed by atoms with Gasteiger partial charge in [0.05, 0.1) is 0 Å². The van der Waals surface area contributed by atoms with Gasteiger partial charge in [-0.1, -0.05) is 21.3 Å². The van der Waals surface area contributed by atoms with Crippen molar-refractivity contribution in [2.24, 2.45) is 0 Å². The van der Waals surface area contributed by atoms with E-state index in [1.165, 1.54) is 0 Å². The lowest BCUT2D eigenvalue weighted by Crippen LogP contribution is -1.80. The van der Waals surface area contributed by atoms with Crippen molar-refractivity contribution in [2.45, 2.75) is 41.0 Å². The number of Topliss-reactive ketones (excluding diaryl/α,β-unsaturated/α-hetero) is 1. The van der Waals surface area contributed by atoms with Crippen LogP contribution in [0.1, 0.15) is 41.0 Å². The average Bonchev–Trinajstić information content (AvgIpc) is 1.89. The highest BCUT2D eigenvalue weighted by molar-refractivity contribution is 6.63. The molecule has 0 aromatic rings. The molecule has 0 rings (SSSR count). The monoisotopic (exact) mass is 180 g/mol. The van der Waals surface area contributed by atoms with Gasteiger partial charge in [0, 0.05) is 12.8 Å². The lowest BCUT2D eigenvalue weighted by molar-refractivity contribution is -0.116. The maximum absolute atomic E-state index is 9.81. The normalized spacial score (nSPS) is 6.91. The Morgan fingerprint density at radius 3 is 1.36 bits per heavy atom. The second-order valence-corrected chi connectivity index (χ2v) is 2.19. The van der Waals surface area contributed by atoms with E-state index in [9.17, 15) is 9.59 Å². The Balaban J connectivity index is -0.000000107. The topological polar surface area (TPSA) is 34.1 Å². The SMILES string of the molecule is C.CCC(=O)Cl.CCC(C)=O. The minimum absolute atomic E-state index is 0. The van der Waals surface area contributed by atoms with Crippen molar-refractivity contribution in [3.63, 3.8) is 0 Å². The summed E-state index contributed by atoms with van der Waals surface area (Å²) in [6.45, 7) is 5.15. The Bertz CT molecular complexity index is 96.7. The molecule has 11 heavy (non-hydrogen) atoms. The van der Waals surface area contributed by atoms with E-state index in [0.717, 1.165) is 0 Å². The van der Waals surface area contributed by atoms with Crippen LogP contribution in [0.3, 0.4) is 0 Å². The summed E-state index contributed by atoms with van der Waals surface area (Å²) in [5.74, 6) is 0.255. The fourth-order valence-corrected chi connectivity index (χ4v) is 0. The molecule has 0 N–H and O–H groups in total. The van der Waals surface area contributed by atoms with Crippen molar-refractivity contribution in [2.75, 3.05) is 0 Å². The van der Waals surface area contributed by atoms with Crippen molar-refractivity contribution in [3.05, 3.63) is 0 Å². The van der Waals surface area contributed by atoms with Gasteiger partial charge in [0.25, 0.3) is 0 Å². The van der Waals surface area contributed by atoms with Crippen molar-refractivity contribution in [3.8, 4) is 0 Å². The molecule has 2 nitrogen and oxygen atoms in total. The van der Waals surface area contributed by atoms with Crippen molar-refractivity contribution < 1.29 is 9.59 Å². The van der Waals surface area contributed by atoms with Crippen LogP contribution in [0.4, 0.5) is 0 Å². The van der Waals surface area contributed by atoms with Crippen LogP contribution in [-0.2, 0) is 9.59 Å². The summed E-state index contributed by atoms with van der Waals surface area (Å²) in [6.07, 6.45) is 1.10. The maximum Gasteiger partial charge on any atom is 0.221 e. The van der Waals surface area contributed by atoms with Crippen LogP contribution in [0.15, 0.2) is 0 Å². The van der Waals surface area contributed by atoms with Gasteiger partial charge in [-0.05, 0) is 18.5 Å². The first-order valence-corrected chi connectivity index (χ1v) is 3.60. The molecule has 0 saturated heterocycles. The van der Waals surface area contributed by atoms with Crippen LogP contribution >= 0.6 is 11.6 Å². The first-order chi connectivity index (χ1) is 4.54. The largest absolute Gasteiger partial charge is 0.300 e. The molecule has 0 aliphatic heterocycles. The molecular weight excluding hydrogens is 164 g/mol. The predicted octanol–water partition coefficient (Wildman–Crippen LogP) is 2.78. The molecule has 0 fully saturated rings. The molecule has 0 spiro atoms. The van der Waals surface area contributed by atoms with Gasteiger partial charge in [0.2, 0.25) is 5.24 Å². The fourth-order valence-electron chi connectivity index (χ4n) is 0. The third kappa shape index (κ3) is 42.5. The number of carbonyl (C=O) groups is 2. The highest BCUT2D eigenvalue weighted by atomic mass is 35.5. The molecule has 68 valence electrons. The summed E-state index contributed by atoms with van der Waals surface area (Å²) < 4.78 is 0. The molecule has 0 aromatic carbocycles. The number of ketones is 1. The fraction of sp³-hybridized carbons (Fsp3) is 0.750. The van der Waals surface area contributed by atoms with Gasteiger partial charge < -0.3 is 4.79 Å². The van der Waals surface area contributed by atoms with Crippen molar-refractivity contribution in [1.29, 1.82) is 0 Å². The van der Waals surface area contributed by atoms with E-state index in [0.29, 0.717) is 12.8 Å². The molecule has 0 radical (unpaired) electrons. The van der Waals surface area contributed by atoms with Crippen LogP contribution in [-0.4, -0.2) is 11.0 Å². The Hall–Kier alpha value is -0.370. The number of hydrogen-bond acceptors (Lipinski definition) is 2. The van der Waals surface area contributed by atoms with E-state index < -0.39 is 0 Å². The van der Waals surface area contributed by atoms with Crippen LogP contribution < -0.4 is 0 Å². The summed E-state index contributed by atoms with van der Waals surface area (Å²) in [4.78, 5) is 19.4. The number of hydrogen-bond donors (Lipinski definition) is 0. The minimum Gasteiger partial charge on any atom is -0.300 e. The molecule has 0 aliphatic rings. The van der Waals surface area contributed by atoms with E-state index in [-0.39, 0.29) is 18.5 Å². The van der Waals surface area contributed by atoms with Gasteiger partial charge in [-0.3, -0.25) is 4.79 Å². The van der Waals surface area contributed by atoms with Gasteiger partial charge in [0.1, 0.15) is 5.78 Å². The van der Waals surface area contributed by atoms with E-state index in [4.69, 9.17) is 11.6 Å². The number of halogens is 1. The lowest BCUT2D eigenvalue weighted by atomic mass is 10.4. The molecule has 0 aromatic heterocycles. The quantitative estimate of drug-likeness (QED) is 0.613. The van der Waals surface area contributed by atoms with Gasteiger partial charge in [0.15, 0.2) is 0 Å². The smallest absolute Gasteiger partial charge is 0.221 e. The maximum atomic E-state index is 9.81. The van der Waals surface area contributed by atoms with Crippen molar-refractivity contribution >= 4 is 22.6 Å². The first kappa shape index (κ1) is 16.9. The summed E-state index contributed by atoms with van der Waals surface area (Å²) in [7, 11) is 0. The average molecular weight is 181 g/mol. The number of carbonyl (C=O) groups excluding carboxylic acids is 2. The zero-order chi connectivity index (χ0) is 8.57. The highest BCUT2D eigenvalue weighted by Crippen LogP contribution is 1.81. The Morgan fingerprint density at radius 1 is 1.18 bits per heavy atom. The molecule has 0 heterocycles. The molecule has 0 bridgehead atoms. The van der Waals surface area contributed by atoms with E-state index >= 15 is 0 Å². The molecule has 0 saturated carbocycles. The zero-order valence-corrected chi connectivity index (χ0v) is 7.36. The molecule has 0 amide bonds. The van der Waals surface area contributed by atoms with Crippen LogP contribution in [0.5, 0.6) is 0 Å². The van der Waals surface area contributed by atoms with Gasteiger partial charge in [-0.25, -0.2) is 0 Å². The van der Waals surface area contributed by atoms with Crippen LogP contribution in [0.25, 0.3) is 0 Å². The zero-order valence-electron chi connectivity index (χ0n) is 6.61. The Kier molecular flexibility index (Phi) is 19.0. The Morgan fingerprint density at radius 2 is 1.36 bits per heavy atom. The van der Waals surface area contributed by atoms with Gasteiger partial charge in [-0.15, -0.1) is 0 Å². The summed E-state index contributed by atoms with van der Waals surface area (Å²) in [5, 5.41) is -0.273. The highest BCUT2D eigenvalue weighted by Gasteiger charge is 1.81. The third-order valence-electron chi connectivity index (χ3n) is 0.776. The molecule has 0 unspecified atom stereocenters. The summed E-state index contributed by atoms with van der Waals surface area (Å²) in [5.41, 5.74) is 0. The van der Waals surface area contributed by atoms with Crippen molar-refractivity contribution in [1.82, 2.24) is 0 Å². The molecule has 0 aliphatic carbocycles. The Labute approximate surface area is 73.9 Å². The minimum atomic E-state index is -0.273. The van der Waals surface area contributed by atoms with Crippen LogP contribution in [0, 0.1) is 0 Å². The third-order valence-corrected chi connectivity index (χ3v) is 1.04. The molecule has 0 atom stereocenters. The first-order valence-electron chi connectivity index (χ1n) is 3.22. The van der Waals surface area contributed by atoms with Crippen LogP contribution in [0.2, 0.25) is 0 Å². The van der Waals surface area contributed by atoms with E-state index in [2.05, 4.69) is 0 Å². The summed E-state index contributed by atoms with van der Waals surface area (Å²) >= 11 is 4.82. The van der Waals surface area contributed by atoms with E-state index in [1.807, 2.05) is 6.92 Å². The second-order valence-electron chi connectivity index (χ2n) is 1.76. The second kappa shape index (κ2) is 12.3. The summed E-state index contributed by atoms with van der Waals surface area (Å²) in [6, 6.07) is 0. The van der Waals surface area contributed by atoms with Gasteiger partial charge >= 0.3 is 0 Å². The molecule has 3 heteroatoms. The lowest BCUT2D eigenvalue weighted by Gasteiger charge is -1.71. The molecular formula is C8H17ClO2. The van der Waals surface area contributed by atoms with E-state index in [1.54, 1.807) is 13.8 Å². The standard InChI is InChI=1S/C4H8O.C3H5ClO.CH4/c1-3-4(2)5;1-2-3(4)5;/h3H2,1-2H3;2H2,1H3;1H4. The predicted molar refractivity (Wildman–Crippen MR) is 48.9 cm³/mol. The number of rotatable bonds is 2.